The predicted octanol–water partition coefficient (Wildman–Crippen LogP) is 2.79. The zero-order chi connectivity index (χ0) is 13.8. The minimum atomic E-state index is -0.898. The zero-order valence-electron chi connectivity index (χ0n) is 11.0. The second-order valence-electron chi connectivity index (χ2n) is 5.07. The number of ether oxygens (including phenoxy) is 1. The average molecular weight is 262 g/mol. The first-order valence-electron chi connectivity index (χ1n) is 6.59. The molecule has 102 valence electrons. The first-order chi connectivity index (χ1) is 9.08. The molecule has 1 fully saturated rings. The second kappa shape index (κ2) is 5.87. The van der Waals surface area contributed by atoms with Gasteiger partial charge in [0.15, 0.2) is 0 Å². The van der Waals surface area contributed by atoms with E-state index in [4.69, 9.17) is 9.84 Å². The largest absolute Gasteiger partial charge is 0.481 e. The van der Waals surface area contributed by atoms with Gasteiger partial charge in [-0.15, -0.1) is 0 Å². The van der Waals surface area contributed by atoms with E-state index < -0.39 is 23.8 Å². The van der Waals surface area contributed by atoms with Crippen LogP contribution in [0.3, 0.4) is 0 Å². The summed E-state index contributed by atoms with van der Waals surface area (Å²) in [5.74, 6) is -1.97. The number of rotatable bonds is 3. The maximum atomic E-state index is 12.1. The van der Waals surface area contributed by atoms with E-state index in [-0.39, 0.29) is 0 Å². The minimum absolute atomic E-state index is 0.420. The van der Waals surface area contributed by atoms with Crippen molar-refractivity contribution in [2.75, 3.05) is 0 Å². The second-order valence-corrected chi connectivity index (χ2v) is 5.07. The molecule has 1 saturated carbocycles. The van der Waals surface area contributed by atoms with Gasteiger partial charge in [-0.3, -0.25) is 9.59 Å². The molecule has 2 atom stereocenters. The normalized spacial score (nSPS) is 22.8. The number of hydrogen-bond acceptors (Lipinski definition) is 3. The molecule has 1 aromatic carbocycles. The van der Waals surface area contributed by atoms with E-state index in [0.29, 0.717) is 18.6 Å². The molecule has 0 bridgehead atoms. The van der Waals surface area contributed by atoms with Crippen molar-refractivity contribution in [3.05, 3.63) is 29.8 Å². The number of carboxylic acids is 1. The quantitative estimate of drug-likeness (QED) is 0.672. The van der Waals surface area contributed by atoms with E-state index >= 15 is 0 Å². The van der Waals surface area contributed by atoms with Crippen molar-refractivity contribution >= 4 is 11.9 Å². The lowest BCUT2D eigenvalue weighted by Gasteiger charge is -2.26. The van der Waals surface area contributed by atoms with E-state index in [2.05, 4.69) is 0 Å². The predicted molar refractivity (Wildman–Crippen MR) is 69.9 cm³/mol. The monoisotopic (exact) mass is 262 g/mol. The maximum absolute atomic E-state index is 12.1. The molecule has 0 amide bonds. The van der Waals surface area contributed by atoms with Crippen LogP contribution >= 0.6 is 0 Å². The number of aliphatic carboxylic acids is 1. The van der Waals surface area contributed by atoms with Gasteiger partial charge in [-0.1, -0.05) is 30.5 Å². The molecule has 19 heavy (non-hydrogen) atoms. The van der Waals surface area contributed by atoms with Crippen LogP contribution in [0.2, 0.25) is 0 Å². The van der Waals surface area contributed by atoms with Crippen molar-refractivity contribution < 1.29 is 19.4 Å². The summed E-state index contributed by atoms with van der Waals surface area (Å²) in [5.41, 5.74) is 1.08. The van der Waals surface area contributed by atoms with E-state index in [0.717, 1.165) is 18.4 Å². The number of carbonyl (C=O) groups is 2. The Kier molecular flexibility index (Phi) is 4.20. The molecule has 0 heterocycles. The van der Waals surface area contributed by atoms with Crippen LogP contribution in [-0.2, 0) is 9.59 Å². The van der Waals surface area contributed by atoms with Crippen LogP contribution in [0.5, 0.6) is 5.75 Å². The van der Waals surface area contributed by atoms with E-state index in [1.54, 1.807) is 12.1 Å². The third-order valence-electron chi connectivity index (χ3n) is 3.63. The number of benzene rings is 1. The van der Waals surface area contributed by atoms with Crippen molar-refractivity contribution in [2.24, 2.45) is 11.8 Å². The van der Waals surface area contributed by atoms with Crippen LogP contribution in [0.15, 0.2) is 24.3 Å². The van der Waals surface area contributed by atoms with Gasteiger partial charge in [0.25, 0.3) is 0 Å². The van der Waals surface area contributed by atoms with Gasteiger partial charge in [-0.25, -0.2) is 0 Å². The smallest absolute Gasteiger partial charge is 0.315 e. The van der Waals surface area contributed by atoms with E-state index in [1.807, 2.05) is 19.1 Å². The summed E-state index contributed by atoms with van der Waals surface area (Å²) in [6.45, 7) is 1.95. The molecular formula is C15H18O4. The average Bonchev–Trinajstić information content (AvgIpc) is 2.41. The molecule has 2 rings (SSSR count). The van der Waals surface area contributed by atoms with Crippen LogP contribution in [-0.4, -0.2) is 17.0 Å². The lowest BCUT2D eigenvalue weighted by atomic mass is 9.79. The number of carboxylic acid groups (broad SMARTS) is 1. The Labute approximate surface area is 112 Å². The summed E-state index contributed by atoms with van der Waals surface area (Å²) in [6.07, 6.45) is 2.91. The van der Waals surface area contributed by atoms with Gasteiger partial charge < -0.3 is 9.84 Å². The van der Waals surface area contributed by atoms with Crippen molar-refractivity contribution in [1.82, 2.24) is 0 Å². The molecule has 0 unspecified atom stereocenters. The molecule has 4 heteroatoms. The van der Waals surface area contributed by atoms with Gasteiger partial charge in [-0.2, -0.15) is 0 Å². The molecule has 0 saturated heterocycles. The lowest BCUT2D eigenvalue weighted by molar-refractivity contribution is -0.154. The fourth-order valence-electron chi connectivity index (χ4n) is 2.51. The van der Waals surface area contributed by atoms with Crippen LogP contribution in [0.1, 0.15) is 31.2 Å². The van der Waals surface area contributed by atoms with Crippen LogP contribution in [0.25, 0.3) is 0 Å². The number of aryl methyl sites for hydroxylation is 1. The third-order valence-corrected chi connectivity index (χ3v) is 3.63. The van der Waals surface area contributed by atoms with Crippen molar-refractivity contribution in [3.8, 4) is 5.75 Å². The Bertz CT molecular complexity index is 464. The number of carbonyl (C=O) groups excluding carboxylic acids is 1. The Morgan fingerprint density at radius 3 is 2.26 bits per heavy atom. The SMILES string of the molecule is Cc1ccc(OC(=O)[C@H]2CCCC[C@H]2C(=O)O)cc1. The topological polar surface area (TPSA) is 63.6 Å². The van der Waals surface area contributed by atoms with Gasteiger partial charge >= 0.3 is 11.9 Å². The molecule has 1 aromatic rings. The van der Waals surface area contributed by atoms with Gasteiger partial charge in [0.2, 0.25) is 0 Å². The highest BCUT2D eigenvalue weighted by Gasteiger charge is 2.36. The molecule has 0 aromatic heterocycles. The fourth-order valence-corrected chi connectivity index (χ4v) is 2.51. The summed E-state index contributed by atoms with van der Waals surface area (Å²) < 4.78 is 5.29. The van der Waals surface area contributed by atoms with Crippen molar-refractivity contribution in [3.63, 3.8) is 0 Å². The molecule has 1 N–H and O–H groups in total. The molecule has 1 aliphatic carbocycles. The van der Waals surface area contributed by atoms with E-state index in [1.165, 1.54) is 0 Å². The Balaban J connectivity index is 2.05. The third kappa shape index (κ3) is 3.34. The molecule has 0 spiro atoms. The van der Waals surface area contributed by atoms with E-state index in [9.17, 15) is 9.59 Å². The molecule has 0 radical (unpaired) electrons. The molecular weight excluding hydrogens is 244 g/mol. The maximum Gasteiger partial charge on any atom is 0.315 e. The van der Waals surface area contributed by atoms with Gasteiger partial charge in [0.05, 0.1) is 11.8 Å². The summed E-state index contributed by atoms with van der Waals surface area (Å²) in [4.78, 5) is 23.2. The van der Waals surface area contributed by atoms with Gasteiger partial charge in [-0.05, 0) is 31.9 Å². The lowest BCUT2D eigenvalue weighted by Crippen LogP contribution is -2.35. The Morgan fingerprint density at radius 2 is 1.68 bits per heavy atom. The van der Waals surface area contributed by atoms with Crippen LogP contribution < -0.4 is 4.74 Å². The van der Waals surface area contributed by atoms with Crippen LogP contribution in [0, 0.1) is 18.8 Å². The number of esters is 1. The highest BCUT2D eigenvalue weighted by molar-refractivity contribution is 5.82. The minimum Gasteiger partial charge on any atom is -0.481 e. The number of hydrogen-bond donors (Lipinski definition) is 1. The summed E-state index contributed by atoms with van der Waals surface area (Å²) in [5, 5.41) is 9.15. The highest BCUT2D eigenvalue weighted by atomic mass is 16.5. The molecule has 0 aliphatic heterocycles. The summed E-state index contributed by atoms with van der Waals surface area (Å²) in [6, 6.07) is 7.17. The van der Waals surface area contributed by atoms with Gasteiger partial charge in [0.1, 0.15) is 5.75 Å². The standard InChI is InChI=1S/C15H18O4/c1-10-6-8-11(9-7-10)19-15(18)13-5-3-2-4-12(13)14(16)17/h6-9,12-13H,2-5H2,1H3,(H,16,17)/t12-,13+/m1/s1. The Hall–Kier alpha value is -1.84. The first-order valence-corrected chi connectivity index (χ1v) is 6.59. The Morgan fingerprint density at radius 1 is 1.11 bits per heavy atom. The van der Waals surface area contributed by atoms with Gasteiger partial charge in [0, 0.05) is 0 Å². The van der Waals surface area contributed by atoms with Crippen molar-refractivity contribution in [1.29, 1.82) is 0 Å². The zero-order valence-corrected chi connectivity index (χ0v) is 11.0. The van der Waals surface area contributed by atoms with Crippen molar-refractivity contribution in [2.45, 2.75) is 32.6 Å². The first kappa shape index (κ1) is 13.6. The molecule has 4 nitrogen and oxygen atoms in total. The summed E-state index contributed by atoms with van der Waals surface area (Å²) >= 11 is 0. The summed E-state index contributed by atoms with van der Waals surface area (Å²) in [7, 11) is 0. The highest BCUT2D eigenvalue weighted by Crippen LogP contribution is 2.31. The van der Waals surface area contributed by atoms with Crippen LogP contribution in [0.4, 0.5) is 0 Å². The molecule has 1 aliphatic rings. The fraction of sp³-hybridized carbons (Fsp3) is 0.467.